The molecular formula is C31H35N3O4. The number of likely N-dealkylation sites (tertiary alicyclic amines) is 1. The third-order valence-corrected chi connectivity index (χ3v) is 7.45. The Morgan fingerprint density at radius 1 is 0.895 bits per heavy atom. The molecule has 3 aromatic rings. The second kappa shape index (κ2) is 12.1. The fraction of sp³-hybridized carbons (Fsp3) is 0.355. The lowest BCUT2D eigenvalue weighted by atomic mass is 9.90. The molecule has 2 aliphatic heterocycles. The van der Waals surface area contributed by atoms with Gasteiger partial charge in [0, 0.05) is 43.0 Å². The minimum Gasteiger partial charge on any atom is -0.495 e. The van der Waals surface area contributed by atoms with Crippen LogP contribution in [0.25, 0.3) is 0 Å². The van der Waals surface area contributed by atoms with Crippen LogP contribution in [-0.2, 0) is 11.2 Å². The van der Waals surface area contributed by atoms with Crippen molar-refractivity contribution >= 4 is 23.2 Å². The molecule has 2 fully saturated rings. The predicted molar refractivity (Wildman–Crippen MR) is 149 cm³/mol. The molecule has 0 aliphatic carbocycles. The molecule has 5 rings (SSSR count). The molecule has 0 atom stereocenters. The first-order valence-electron chi connectivity index (χ1n) is 13.4. The highest BCUT2D eigenvalue weighted by atomic mass is 16.5. The van der Waals surface area contributed by atoms with Gasteiger partial charge in [-0.2, -0.15) is 0 Å². The summed E-state index contributed by atoms with van der Waals surface area (Å²) < 4.78 is 10.9. The summed E-state index contributed by atoms with van der Waals surface area (Å²) >= 11 is 0. The lowest BCUT2D eigenvalue weighted by Crippen LogP contribution is -2.39. The number of amides is 2. The van der Waals surface area contributed by atoms with Crippen LogP contribution >= 0.6 is 0 Å². The van der Waals surface area contributed by atoms with Crippen molar-refractivity contribution in [1.82, 2.24) is 4.90 Å². The summed E-state index contributed by atoms with van der Waals surface area (Å²) in [5.74, 6) is 0.835. The van der Waals surface area contributed by atoms with Gasteiger partial charge in [-0.1, -0.05) is 36.4 Å². The molecule has 2 amide bonds. The Morgan fingerprint density at radius 2 is 1.66 bits per heavy atom. The van der Waals surface area contributed by atoms with Crippen molar-refractivity contribution in [2.24, 2.45) is 5.92 Å². The molecule has 7 nitrogen and oxygen atoms in total. The monoisotopic (exact) mass is 513 g/mol. The maximum absolute atomic E-state index is 13.3. The van der Waals surface area contributed by atoms with E-state index in [1.807, 2.05) is 29.2 Å². The van der Waals surface area contributed by atoms with Crippen LogP contribution in [0.4, 0.5) is 11.4 Å². The molecule has 198 valence electrons. The van der Waals surface area contributed by atoms with Gasteiger partial charge in [-0.05, 0) is 67.1 Å². The highest BCUT2D eigenvalue weighted by molar-refractivity contribution is 6.06. The summed E-state index contributed by atoms with van der Waals surface area (Å²) in [5, 5.41) is 2.96. The highest BCUT2D eigenvalue weighted by Crippen LogP contribution is 2.29. The largest absolute Gasteiger partial charge is 0.495 e. The number of nitrogens with one attached hydrogen (secondary N) is 1. The van der Waals surface area contributed by atoms with Crippen molar-refractivity contribution < 1.29 is 19.1 Å². The quantitative estimate of drug-likeness (QED) is 0.488. The number of nitrogens with zero attached hydrogens (tertiary/aromatic N) is 2. The molecule has 0 bridgehead atoms. The van der Waals surface area contributed by atoms with E-state index < -0.39 is 0 Å². The van der Waals surface area contributed by atoms with Gasteiger partial charge in [0.05, 0.1) is 26.0 Å². The van der Waals surface area contributed by atoms with Crippen molar-refractivity contribution in [3.63, 3.8) is 0 Å². The second-order valence-corrected chi connectivity index (χ2v) is 9.94. The van der Waals surface area contributed by atoms with E-state index in [2.05, 4.69) is 34.5 Å². The summed E-state index contributed by atoms with van der Waals surface area (Å²) in [5.41, 5.74) is 3.92. The number of carbonyl (C=O) groups excluding carboxylic acids is 2. The van der Waals surface area contributed by atoms with E-state index in [1.165, 1.54) is 5.56 Å². The second-order valence-electron chi connectivity index (χ2n) is 9.94. The van der Waals surface area contributed by atoms with Crippen LogP contribution in [-0.4, -0.2) is 63.2 Å². The van der Waals surface area contributed by atoms with Crippen LogP contribution in [0, 0.1) is 5.92 Å². The van der Waals surface area contributed by atoms with Crippen LogP contribution in [0.2, 0.25) is 0 Å². The Kier molecular flexibility index (Phi) is 8.24. The number of rotatable bonds is 7. The first-order chi connectivity index (χ1) is 18.6. The number of hydrogen-bond donors (Lipinski definition) is 1. The zero-order chi connectivity index (χ0) is 26.3. The van der Waals surface area contributed by atoms with Crippen molar-refractivity contribution in [2.45, 2.75) is 19.3 Å². The Balaban J connectivity index is 1.24. The van der Waals surface area contributed by atoms with Crippen LogP contribution in [0.15, 0.2) is 72.8 Å². The normalized spacial score (nSPS) is 16.2. The maximum atomic E-state index is 13.3. The molecule has 3 aromatic carbocycles. The van der Waals surface area contributed by atoms with Gasteiger partial charge in [-0.3, -0.25) is 9.59 Å². The topological polar surface area (TPSA) is 71.1 Å². The molecule has 7 heteroatoms. The molecule has 0 spiro atoms. The smallest absolute Gasteiger partial charge is 0.255 e. The zero-order valence-electron chi connectivity index (χ0n) is 21.9. The number of carbonyl (C=O) groups is 2. The van der Waals surface area contributed by atoms with Gasteiger partial charge in [0.25, 0.3) is 11.8 Å². The predicted octanol–water partition coefficient (Wildman–Crippen LogP) is 4.88. The van der Waals surface area contributed by atoms with E-state index in [1.54, 1.807) is 31.4 Å². The molecule has 1 N–H and O–H groups in total. The fourth-order valence-corrected chi connectivity index (χ4v) is 5.27. The summed E-state index contributed by atoms with van der Waals surface area (Å²) in [6, 6.07) is 23.4. The first-order valence-corrected chi connectivity index (χ1v) is 13.4. The Bertz CT molecular complexity index is 1250. The third-order valence-electron chi connectivity index (χ3n) is 7.45. The highest BCUT2D eigenvalue weighted by Gasteiger charge is 2.25. The SMILES string of the molecule is COc1ccc(C(=O)N2CCC(Cc3ccccc3)CC2)cc1NC(=O)c1cccc(N2CCOCC2)c1. The number of piperidine rings is 1. The average molecular weight is 514 g/mol. The molecule has 0 saturated carbocycles. The maximum Gasteiger partial charge on any atom is 0.255 e. The number of morpholine rings is 1. The molecule has 0 aromatic heterocycles. The van der Waals surface area contributed by atoms with Gasteiger partial charge in [0.2, 0.25) is 0 Å². The van der Waals surface area contributed by atoms with E-state index in [0.29, 0.717) is 41.7 Å². The molecule has 2 aliphatic rings. The lowest BCUT2D eigenvalue weighted by Gasteiger charge is -2.32. The van der Waals surface area contributed by atoms with E-state index >= 15 is 0 Å². The van der Waals surface area contributed by atoms with Crippen LogP contribution in [0.5, 0.6) is 5.75 Å². The number of anilines is 2. The zero-order valence-corrected chi connectivity index (χ0v) is 21.9. The average Bonchev–Trinajstić information content (AvgIpc) is 2.98. The molecule has 2 heterocycles. The number of ether oxygens (including phenoxy) is 2. The van der Waals surface area contributed by atoms with Crippen molar-refractivity contribution in [3.8, 4) is 5.75 Å². The van der Waals surface area contributed by atoms with Gasteiger partial charge in [-0.15, -0.1) is 0 Å². The van der Waals surface area contributed by atoms with Gasteiger partial charge >= 0.3 is 0 Å². The Labute approximate surface area is 224 Å². The molecule has 0 radical (unpaired) electrons. The summed E-state index contributed by atoms with van der Waals surface area (Å²) in [6.07, 6.45) is 3.02. The van der Waals surface area contributed by atoms with Gasteiger partial charge in [-0.25, -0.2) is 0 Å². The van der Waals surface area contributed by atoms with Crippen molar-refractivity contribution in [3.05, 3.63) is 89.5 Å². The number of hydrogen-bond acceptors (Lipinski definition) is 5. The van der Waals surface area contributed by atoms with Gasteiger partial charge in [0.15, 0.2) is 0 Å². The summed E-state index contributed by atoms with van der Waals surface area (Å²) in [6.45, 7) is 4.42. The van der Waals surface area contributed by atoms with E-state index in [9.17, 15) is 9.59 Å². The van der Waals surface area contributed by atoms with Crippen LogP contribution in [0.1, 0.15) is 39.1 Å². The van der Waals surface area contributed by atoms with Crippen LogP contribution < -0.4 is 15.0 Å². The van der Waals surface area contributed by atoms with Gasteiger partial charge in [0.1, 0.15) is 5.75 Å². The third kappa shape index (κ3) is 6.17. The van der Waals surface area contributed by atoms with Crippen LogP contribution in [0.3, 0.4) is 0 Å². The standard InChI is InChI=1S/C31H35N3O4/c1-37-29-11-10-26(31(36)34-14-12-24(13-15-34)20-23-6-3-2-4-7-23)22-28(29)32-30(35)25-8-5-9-27(21-25)33-16-18-38-19-17-33/h2-11,21-22,24H,12-20H2,1H3,(H,32,35). The number of methoxy groups -OCH3 is 1. The Morgan fingerprint density at radius 3 is 2.39 bits per heavy atom. The van der Waals surface area contributed by atoms with Crippen molar-refractivity contribution in [2.75, 3.05) is 56.7 Å². The molecule has 38 heavy (non-hydrogen) atoms. The molecule has 0 unspecified atom stereocenters. The summed E-state index contributed by atoms with van der Waals surface area (Å²) in [4.78, 5) is 30.7. The summed E-state index contributed by atoms with van der Waals surface area (Å²) in [7, 11) is 1.56. The van der Waals surface area contributed by atoms with E-state index in [4.69, 9.17) is 9.47 Å². The van der Waals surface area contributed by atoms with E-state index in [0.717, 1.165) is 51.1 Å². The Hall–Kier alpha value is -3.84. The molecular weight excluding hydrogens is 478 g/mol. The lowest BCUT2D eigenvalue weighted by molar-refractivity contribution is 0.0690. The minimum absolute atomic E-state index is 0.0179. The first kappa shape index (κ1) is 25.8. The van der Waals surface area contributed by atoms with E-state index in [-0.39, 0.29) is 11.8 Å². The number of benzene rings is 3. The van der Waals surface area contributed by atoms with Gasteiger partial charge < -0.3 is 24.6 Å². The molecule has 2 saturated heterocycles. The minimum atomic E-state index is -0.246. The van der Waals surface area contributed by atoms with Crippen molar-refractivity contribution in [1.29, 1.82) is 0 Å². The fourth-order valence-electron chi connectivity index (χ4n) is 5.27.